The van der Waals surface area contributed by atoms with Gasteiger partial charge in [-0.05, 0) is 24.6 Å². The number of aromatic nitrogens is 3. The molecule has 2 aromatic heterocycles. The van der Waals surface area contributed by atoms with Crippen LogP contribution in [0.15, 0.2) is 52.1 Å². The van der Waals surface area contributed by atoms with Crippen LogP contribution in [0.3, 0.4) is 0 Å². The summed E-state index contributed by atoms with van der Waals surface area (Å²) in [7, 11) is 0. The van der Waals surface area contributed by atoms with Crippen LogP contribution in [-0.4, -0.2) is 38.2 Å². The Balaban J connectivity index is 1.45. The smallest absolute Gasteiger partial charge is 0.332 e. The van der Waals surface area contributed by atoms with Gasteiger partial charge in [0.1, 0.15) is 5.82 Å². The number of likely N-dealkylation sites (tertiary alicyclic amines) is 1. The van der Waals surface area contributed by atoms with E-state index < -0.39 is 11.1 Å². The molecule has 0 saturated carbocycles. The Kier molecular flexibility index (Phi) is 4.24. The van der Waals surface area contributed by atoms with E-state index in [0.29, 0.717) is 25.5 Å². The van der Waals surface area contributed by atoms with Crippen molar-refractivity contribution in [2.24, 2.45) is 5.92 Å². The van der Waals surface area contributed by atoms with Crippen molar-refractivity contribution in [1.82, 2.24) is 19.2 Å². The van der Waals surface area contributed by atoms with Crippen LogP contribution in [0.25, 0.3) is 0 Å². The van der Waals surface area contributed by atoms with Crippen LogP contribution in [0.5, 0.6) is 0 Å². The average molecular weight is 408 g/mol. The van der Waals surface area contributed by atoms with Crippen LogP contribution < -0.4 is 11.1 Å². The Morgan fingerprint density at radius 3 is 2.59 bits per heavy atom. The Morgan fingerprint density at radius 2 is 1.86 bits per heavy atom. The summed E-state index contributed by atoms with van der Waals surface area (Å²) in [5.74, 6) is 0.750. The molecular weight excluding hydrogens is 388 g/mol. The summed E-state index contributed by atoms with van der Waals surface area (Å²) in [6, 6.07) is 13.3. The summed E-state index contributed by atoms with van der Waals surface area (Å²) < 4.78 is 2.77. The Labute approximate surface area is 170 Å². The van der Waals surface area contributed by atoms with Gasteiger partial charge in [-0.2, -0.15) is 5.10 Å². The Bertz CT molecular complexity index is 1210. The van der Waals surface area contributed by atoms with Gasteiger partial charge < -0.3 is 4.90 Å². The summed E-state index contributed by atoms with van der Waals surface area (Å²) in [4.78, 5) is 41.7. The van der Waals surface area contributed by atoms with E-state index >= 15 is 0 Å². The first kappa shape index (κ1) is 18.1. The molecule has 0 aliphatic carbocycles. The van der Waals surface area contributed by atoms with Gasteiger partial charge in [-0.1, -0.05) is 30.3 Å². The molecule has 5 rings (SSSR count). The average Bonchev–Trinajstić information content (AvgIpc) is 3.41. The summed E-state index contributed by atoms with van der Waals surface area (Å²) in [6.45, 7) is 3.79. The fourth-order valence-corrected chi connectivity index (χ4v) is 5.16. The number of hydrogen-bond acceptors (Lipinski definition) is 5. The molecule has 0 N–H and O–H groups in total. The van der Waals surface area contributed by atoms with Gasteiger partial charge in [-0.15, -0.1) is 11.3 Å². The summed E-state index contributed by atoms with van der Waals surface area (Å²) in [5.41, 5.74) is -0.205. The van der Waals surface area contributed by atoms with Crippen molar-refractivity contribution in [1.29, 1.82) is 0 Å². The van der Waals surface area contributed by atoms with Gasteiger partial charge in [0.25, 0.3) is 5.91 Å². The molecule has 1 fully saturated rings. The molecule has 1 amide bonds. The highest BCUT2D eigenvalue weighted by atomic mass is 32.1. The number of thiophene rings is 1. The van der Waals surface area contributed by atoms with Gasteiger partial charge in [0.15, 0.2) is 0 Å². The highest BCUT2D eigenvalue weighted by Crippen LogP contribution is 2.38. The van der Waals surface area contributed by atoms with E-state index in [2.05, 4.69) is 5.10 Å². The maximum absolute atomic E-state index is 12.8. The number of aryl methyl sites for hydroxylation is 1. The predicted molar refractivity (Wildman–Crippen MR) is 109 cm³/mol. The molecule has 0 unspecified atom stereocenters. The monoisotopic (exact) mass is 408 g/mol. The van der Waals surface area contributed by atoms with Crippen LogP contribution in [0, 0.1) is 12.8 Å². The van der Waals surface area contributed by atoms with Crippen molar-refractivity contribution in [3.05, 3.63) is 84.3 Å². The number of amides is 1. The lowest BCUT2D eigenvalue weighted by atomic mass is 10.00. The van der Waals surface area contributed by atoms with Crippen LogP contribution in [0.2, 0.25) is 0 Å². The van der Waals surface area contributed by atoms with Gasteiger partial charge in [0.2, 0.25) is 0 Å². The molecule has 29 heavy (non-hydrogen) atoms. The summed E-state index contributed by atoms with van der Waals surface area (Å²) >= 11 is 1.50. The zero-order chi connectivity index (χ0) is 20.1. The van der Waals surface area contributed by atoms with Crippen LogP contribution in [0.4, 0.5) is 0 Å². The van der Waals surface area contributed by atoms with E-state index in [1.54, 1.807) is 0 Å². The van der Waals surface area contributed by atoms with Gasteiger partial charge in [-0.3, -0.25) is 19.0 Å². The second-order valence-corrected chi connectivity index (χ2v) is 9.00. The van der Waals surface area contributed by atoms with Gasteiger partial charge in [0, 0.05) is 36.3 Å². The predicted octanol–water partition coefficient (Wildman–Crippen LogP) is 1.69. The number of carbonyl (C=O) groups is 1. The van der Waals surface area contributed by atoms with E-state index in [1.165, 1.54) is 20.6 Å². The quantitative estimate of drug-likeness (QED) is 0.618. The van der Waals surface area contributed by atoms with Crippen LogP contribution in [-0.2, 0) is 13.1 Å². The van der Waals surface area contributed by atoms with Crippen molar-refractivity contribution in [2.75, 3.05) is 13.1 Å². The van der Waals surface area contributed by atoms with Crippen molar-refractivity contribution >= 4 is 17.2 Å². The minimum absolute atomic E-state index is 0.0182. The normalized spacial score (nSPS) is 20.0. The molecule has 0 radical (unpaired) electrons. The number of carbonyl (C=O) groups excluding carboxylic acids is 1. The molecule has 7 nitrogen and oxygen atoms in total. The van der Waals surface area contributed by atoms with Crippen molar-refractivity contribution < 1.29 is 4.79 Å². The standard InChI is InChI=1S/C21H20N4O3S/c1-13-7-8-17(29-13)19(26)23-10-15-11-24-18(16(15)12-23)22-25(21(28)20(24)27)9-14-5-3-2-4-6-14/h2-8,15-16H,9-12H2,1H3/t15-,16-/m1/s1. The van der Waals surface area contributed by atoms with Crippen LogP contribution >= 0.6 is 11.3 Å². The summed E-state index contributed by atoms with van der Waals surface area (Å²) in [5, 5.41) is 4.55. The molecular formula is C21H20N4O3S. The van der Waals surface area contributed by atoms with E-state index in [0.717, 1.165) is 15.3 Å². The molecule has 2 aliphatic heterocycles. The molecule has 8 heteroatoms. The van der Waals surface area contributed by atoms with E-state index in [9.17, 15) is 14.4 Å². The molecule has 2 atom stereocenters. The van der Waals surface area contributed by atoms with Gasteiger partial charge in [-0.25, -0.2) is 4.68 Å². The molecule has 2 aliphatic rings. The van der Waals surface area contributed by atoms with Crippen LogP contribution in [0.1, 0.15) is 31.9 Å². The van der Waals surface area contributed by atoms with E-state index in [4.69, 9.17) is 0 Å². The molecule has 148 valence electrons. The molecule has 4 heterocycles. The molecule has 1 saturated heterocycles. The zero-order valence-corrected chi connectivity index (χ0v) is 16.8. The maximum atomic E-state index is 12.8. The van der Waals surface area contributed by atoms with E-state index in [1.807, 2.05) is 54.3 Å². The van der Waals surface area contributed by atoms with E-state index in [-0.39, 0.29) is 24.3 Å². The lowest BCUT2D eigenvalue weighted by Gasteiger charge is -2.17. The largest absolute Gasteiger partial charge is 0.337 e. The second kappa shape index (κ2) is 6.81. The first-order chi connectivity index (χ1) is 14.0. The third kappa shape index (κ3) is 3.04. The zero-order valence-electron chi connectivity index (χ0n) is 15.9. The topological polar surface area (TPSA) is 77.2 Å². The third-order valence-corrected chi connectivity index (χ3v) is 6.75. The Morgan fingerprint density at radius 1 is 1.07 bits per heavy atom. The highest BCUT2D eigenvalue weighted by molar-refractivity contribution is 7.13. The van der Waals surface area contributed by atoms with Crippen molar-refractivity contribution in [3.63, 3.8) is 0 Å². The molecule has 1 aromatic carbocycles. The van der Waals surface area contributed by atoms with Gasteiger partial charge in [0.05, 0.1) is 11.4 Å². The number of hydrogen-bond donors (Lipinski definition) is 0. The first-order valence-electron chi connectivity index (χ1n) is 9.63. The van der Waals surface area contributed by atoms with Gasteiger partial charge >= 0.3 is 11.1 Å². The number of benzene rings is 1. The Hall–Kier alpha value is -3.00. The summed E-state index contributed by atoms with van der Waals surface area (Å²) in [6.07, 6.45) is 0. The minimum Gasteiger partial charge on any atom is -0.337 e. The number of rotatable bonds is 3. The lowest BCUT2D eigenvalue weighted by Crippen LogP contribution is -2.44. The number of nitrogens with zero attached hydrogens (tertiary/aromatic N) is 4. The fourth-order valence-electron chi connectivity index (χ4n) is 4.32. The van der Waals surface area contributed by atoms with Crippen molar-refractivity contribution in [3.8, 4) is 0 Å². The third-order valence-electron chi connectivity index (χ3n) is 5.77. The highest BCUT2D eigenvalue weighted by Gasteiger charge is 2.44. The lowest BCUT2D eigenvalue weighted by molar-refractivity contribution is 0.0787. The van der Waals surface area contributed by atoms with Crippen molar-refractivity contribution in [2.45, 2.75) is 25.9 Å². The molecule has 0 bridgehead atoms. The second-order valence-electron chi connectivity index (χ2n) is 7.71. The SMILES string of the molecule is Cc1ccc(C(=O)N2C[C@@H]3Cn4c(nn(Cc5ccccc5)c(=O)c4=O)[C@@H]3C2)s1. The first-order valence-corrected chi connectivity index (χ1v) is 10.4. The maximum Gasteiger partial charge on any atom is 0.332 e. The molecule has 0 spiro atoms. The number of fused-ring (bicyclic) bond motifs is 3. The molecule has 3 aromatic rings. The minimum atomic E-state index is -0.598. The fraction of sp³-hybridized carbons (Fsp3) is 0.333.